The van der Waals surface area contributed by atoms with Crippen molar-refractivity contribution in [3.8, 4) is 5.75 Å². The maximum absolute atomic E-state index is 6.08. The maximum atomic E-state index is 6.08. The summed E-state index contributed by atoms with van der Waals surface area (Å²) in [7, 11) is 1.64. The fourth-order valence-electron chi connectivity index (χ4n) is 2.29. The van der Waals surface area contributed by atoms with E-state index < -0.39 is 0 Å². The number of nitrogens with zero attached hydrogens (tertiary/aromatic N) is 1. The smallest absolute Gasteiger partial charge is 0.174 e. The van der Waals surface area contributed by atoms with Gasteiger partial charge in [-0.15, -0.1) is 11.3 Å². The Hall–Kier alpha value is -1.30. The van der Waals surface area contributed by atoms with Crippen molar-refractivity contribution < 1.29 is 4.74 Å². The van der Waals surface area contributed by atoms with E-state index in [4.69, 9.17) is 28.6 Å². The number of methoxy groups -OCH3 is 1. The lowest BCUT2D eigenvalue weighted by Gasteiger charge is -2.26. The standard InChI is InChI=1S/C16H17ClN2OS2/c1-20-15-7-4-11(17)9-14(15)18-16(21)19(12-5-6-12)10-13-3-2-8-22-13/h2-4,7-9,12H,5-6,10H2,1H3,(H,18,21). The van der Waals surface area contributed by atoms with Crippen LogP contribution in [-0.2, 0) is 6.54 Å². The van der Waals surface area contributed by atoms with Gasteiger partial charge in [0, 0.05) is 15.9 Å². The van der Waals surface area contributed by atoms with Gasteiger partial charge in [0.15, 0.2) is 5.11 Å². The lowest BCUT2D eigenvalue weighted by atomic mass is 10.3. The molecule has 116 valence electrons. The van der Waals surface area contributed by atoms with Crippen LogP contribution in [-0.4, -0.2) is 23.2 Å². The molecular formula is C16H17ClN2OS2. The van der Waals surface area contributed by atoms with Crippen LogP contribution in [0.5, 0.6) is 5.75 Å². The van der Waals surface area contributed by atoms with E-state index in [0.717, 1.165) is 23.1 Å². The van der Waals surface area contributed by atoms with Gasteiger partial charge in [0.2, 0.25) is 0 Å². The fourth-order valence-corrected chi connectivity index (χ4v) is 3.49. The van der Waals surface area contributed by atoms with Gasteiger partial charge in [0.05, 0.1) is 19.3 Å². The number of hydrogen-bond acceptors (Lipinski definition) is 3. The van der Waals surface area contributed by atoms with Crippen molar-refractivity contribution in [1.82, 2.24) is 4.90 Å². The van der Waals surface area contributed by atoms with Gasteiger partial charge >= 0.3 is 0 Å². The van der Waals surface area contributed by atoms with E-state index in [0.29, 0.717) is 11.1 Å². The largest absolute Gasteiger partial charge is 0.495 e. The lowest BCUT2D eigenvalue weighted by Crippen LogP contribution is -2.35. The molecule has 0 aliphatic heterocycles. The Morgan fingerprint density at radius 3 is 2.91 bits per heavy atom. The van der Waals surface area contributed by atoms with E-state index in [2.05, 4.69) is 27.7 Å². The zero-order valence-corrected chi connectivity index (χ0v) is 14.6. The van der Waals surface area contributed by atoms with Crippen LogP contribution in [0.3, 0.4) is 0 Å². The molecule has 1 fully saturated rings. The molecule has 1 aliphatic rings. The summed E-state index contributed by atoms with van der Waals surface area (Å²) < 4.78 is 5.37. The molecule has 2 aromatic rings. The number of halogens is 1. The highest BCUT2D eigenvalue weighted by atomic mass is 35.5. The number of benzene rings is 1. The SMILES string of the molecule is COc1ccc(Cl)cc1NC(=S)N(Cc1cccs1)C1CC1. The molecule has 1 aromatic carbocycles. The third-order valence-electron chi connectivity index (χ3n) is 3.56. The Labute approximate surface area is 144 Å². The van der Waals surface area contributed by atoms with E-state index in [-0.39, 0.29) is 0 Å². The second kappa shape index (κ2) is 6.86. The number of anilines is 1. The Morgan fingerprint density at radius 1 is 1.45 bits per heavy atom. The molecule has 0 saturated heterocycles. The van der Waals surface area contributed by atoms with Gasteiger partial charge in [-0.1, -0.05) is 17.7 Å². The summed E-state index contributed by atoms with van der Waals surface area (Å²) in [4.78, 5) is 3.57. The first-order valence-corrected chi connectivity index (χ1v) is 8.77. The topological polar surface area (TPSA) is 24.5 Å². The highest BCUT2D eigenvalue weighted by molar-refractivity contribution is 7.80. The first-order chi connectivity index (χ1) is 10.7. The van der Waals surface area contributed by atoms with Gasteiger partial charge in [-0.05, 0) is 54.7 Å². The first kappa shape index (κ1) is 15.6. The average Bonchev–Trinajstić information content (AvgIpc) is 3.21. The van der Waals surface area contributed by atoms with Crippen molar-refractivity contribution in [1.29, 1.82) is 0 Å². The molecule has 3 rings (SSSR count). The van der Waals surface area contributed by atoms with Crippen LogP contribution in [0.4, 0.5) is 5.69 Å². The molecule has 0 bridgehead atoms. The maximum Gasteiger partial charge on any atom is 0.174 e. The quantitative estimate of drug-likeness (QED) is 0.783. The summed E-state index contributed by atoms with van der Waals surface area (Å²) in [5.74, 6) is 0.735. The number of ether oxygens (including phenoxy) is 1. The Kier molecular flexibility index (Phi) is 4.86. The fraction of sp³-hybridized carbons (Fsp3) is 0.312. The van der Waals surface area contributed by atoms with Crippen molar-refractivity contribution in [3.05, 3.63) is 45.6 Å². The summed E-state index contributed by atoms with van der Waals surface area (Å²) in [6.07, 6.45) is 2.39. The predicted molar refractivity (Wildman–Crippen MR) is 97.1 cm³/mol. The zero-order chi connectivity index (χ0) is 15.5. The van der Waals surface area contributed by atoms with Crippen molar-refractivity contribution in [2.45, 2.75) is 25.4 Å². The number of thiocarbonyl (C=S) groups is 1. The number of hydrogen-bond donors (Lipinski definition) is 1. The van der Waals surface area contributed by atoms with E-state index in [1.165, 1.54) is 17.7 Å². The van der Waals surface area contributed by atoms with Crippen molar-refractivity contribution in [3.63, 3.8) is 0 Å². The molecular weight excluding hydrogens is 336 g/mol. The van der Waals surface area contributed by atoms with Gasteiger partial charge in [0.1, 0.15) is 5.75 Å². The van der Waals surface area contributed by atoms with Crippen LogP contribution in [0.15, 0.2) is 35.7 Å². The van der Waals surface area contributed by atoms with E-state index >= 15 is 0 Å². The van der Waals surface area contributed by atoms with E-state index in [9.17, 15) is 0 Å². The van der Waals surface area contributed by atoms with Crippen LogP contribution in [0.1, 0.15) is 17.7 Å². The number of thiophene rings is 1. The molecule has 22 heavy (non-hydrogen) atoms. The second-order valence-electron chi connectivity index (χ2n) is 5.21. The third-order valence-corrected chi connectivity index (χ3v) is 4.99. The molecule has 6 heteroatoms. The molecule has 0 radical (unpaired) electrons. The normalized spacial score (nSPS) is 13.7. The van der Waals surface area contributed by atoms with Gasteiger partial charge in [-0.3, -0.25) is 0 Å². The van der Waals surface area contributed by atoms with Crippen LogP contribution in [0, 0.1) is 0 Å². The molecule has 1 aromatic heterocycles. The molecule has 0 spiro atoms. The van der Waals surface area contributed by atoms with Gasteiger partial charge in [0.25, 0.3) is 0 Å². The molecule has 1 aliphatic carbocycles. The Balaban J connectivity index is 1.75. The van der Waals surface area contributed by atoms with Gasteiger partial charge in [-0.25, -0.2) is 0 Å². The Bertz CT molecular complexity index is 656. The van der Waals surface area contributed by atoms with Crippen LogP contribution >= 0.6 is 35.2 Å². The minimum absolute atomic E-state index is 0.535. The second-order valence-corrected chi connectivity index (χ2v) is 7.07. The summed E-state index contributed by atoms with van der Waals surface area (Å²) in [5, 5.41) is 6.76. The molecule has 0 atom stereocenters. The van der Waals surface area contributed by atoms with Gasteiger partial charge < -0.3 is 15.0 Å². The summed E-state index contributed by atoms with van der Waals surface area (Å²) in [6.45, 7) is 0.844. The van der Waals surface area contributed by atoms with Crippen LogP contribution < -0.4 is 10.1 Å². The van der Waals surface area contributed by atoms with E-state index in [1.807, 2.05) is 12.1 Å². The monoisotopic (exact) mass is 352 g/mol. The van der Waals surface area contributed by atoms with Gasteiger partial charge in [-0.2, -0.15) is 0 Å². The van der Waals surface area contributed by atoms with Crippen LogP contribution in [0.2, 0.25) is 5.02 Å². The molecule has 1 N–H and O–H groups in total. The van der Waals surface area contributed by atoms with Crippen LogP contribution in [0.25, 0.3) is 0 Å². The van der Waals surface area contributed by atoms with Crippen molar-refractivity contribution >= 4 is 46.0 Å². The molecule has 1 heterocycles. The molecule has 1 saturated carbocycles. The minimum atomic E-state index is 0.535. The third kappa shape index (κ3) is 3.72. The zero-order valence-electron chi connectivity index (χ0n) is 12.2. The molecule has 0 unspecified atom stereocenters. The summed E-state index contributed by atoms with van der Waals surface area (Å²) in [5.41, 5.74) is 0.803. The van der Waals surface area contributed by atoms with E-state index in [1.54, 1.807) is 24.5 Å². The lowest BCUT2D eigenvalue weighted by molar-refractivity contribution is 0.409. The van der Waals surface area contributed by atoms with Crippen molar-refractivity contribution in [2.75, 3.05) is 12.4 Å². The summed E-state index contributed by atoms with van der Waals surface area (Å²) >= 11 is 13.4. The Morgan fingerprint density at radius 2 is 2.27 bits per heavy atom. The average molecular weight is 353 g/mol. The summed E-state index contributed by atoms with van der Waals surface area (Å²) in [6, 6.07) is 10.2. The minimum Gasteiger partial charge on any atom is -0.495 e. The highest BCUT2D eigenvalue weighted by Crippen LogP contribution is 2.32. The number of nitrogens with one attached hydrogen (secondary N) is 1. The molecule has 3 nitrogen and oxygen atoms in total. The number of rotatable bonds is 5. The van der Waals surface area contributed by atoms with Crippen molar-refractivity contribution in [2.24, 2.45) is 0 Å². The predicted octanol–water partition coefficient (Wildman–Crippen LogP) is 4.77. The molecule has 0 amide bonds. The highest BCUT2D eigenvalue weighted by Gasteiger charge is 2.31. The first-order valence-electron chi connectivity index (χ1n) is 7.11.